The van der Waals surface area contributed by atoms with E-state index < -0.39 is 5.60 Å². The fourth-order valence-electron chi connectivity index (χ4n) is 2.17. The highest BCUT2D eigenvalue weighted by Crippen LogP contribution is 2.22. The largest absolute Gasteiger partial charge is 0.389 e. The lowest BCUT2D eigenvalue weighted by Crippen LogP contribution is -2.37. The van der Waals surface area contributed by atoms with Crippen LogP contribution < -0.4 is 4.90 Å². The van der Waals surface area contributed by atoms with Crippen molar-refractivity contribution in [1.29, 1.82) is 0 Å². The topological polar surface area (TPSA) is 53.4 Å². The van der Waals surface area contributed by atoms with Gasteiger partial charge in [0.1, 0.15) is 5.82 Å². The number of carbonyl (C=O) groups is 1. The Hall–Kier alpha value is -1.94. The zero-order chi connectivity index (χ0) is 14.0. The van der Waals surface area contributed by atoms with E-state index in [-0.39, 0.29) is 0 Å². The van der Waals surface area contributed by atoms with Gasteiger partial charge in [-0.3, -0.25) is 4.79 Å². The van der Waals surface area contributed by atoms with E-state index in [1.165, 1.54) is 0 Å². The summed E-state index contributed by atoms with van der Waals surface area (Å²) in [6.07, 6.45) is 0.801. The standard InChI is InChI=1S/C15H18N2O2/c1-15(2,19)10-17(3)14-12(9-18)8-11-6-4-5-7-13(11)16-14/h4-9,19H,10H2,1-3H3. The Bertz CT molecular complexity index is 603. The fourth-order valence-corrected chi connectivity index (χ4v) is 2.17. The predicted octanol–water partition coefficient (Wildman–Crippen LogP) is 2.25. The number of benzene rings is 1. The molecular formula is C15H18N2O2. The number of anilines is 1. The summed E-state index contributed by atoms with van der Waals surface area (Å²) in [4.78, 5) is 17.5. The van der Waals surface area contributed by atoms with Crippen LogP contribution in [0.5, 0.6) is 0 Å². The summed E-state index contributed by atoms with van der Waals surface area (Å²) in [6.45, 7) is 3.86. The van der Waals surface area contributed by atoms with Gasteiger partial charge in [0.25, 0.3) is 0 Å². The van der Waals surface area contributed by atoms with Gasteiger partial charge in [0, 0.05) is 19.0 Å². The molecule has 2 rings (SSSR count). The van der Waals surface area contributed by atoms with Crippen molar-refractivity contribution in [2.75, 3.05) is 18.5 Å². The molecule has 2 aromatic rings. The number of aldehydes is 1. The first-order chi connectivity index (χ1) is 8.90. The Morgan fingerprint density at radius 2 is 2.05 bits per heavy atom. The molecule has 0 atom stereocenters. The van der Waals surface area contributed by atoms with Crippen molar-refractivity contribution >= 4 is 23.0 Å². The van der Waals surface area contributed by atoms with Crippen LogP contribution >= 0.6 is 0 Å². The lowest BCUT2D eigenvalue weighted by molar-refractivity contribution is 0.0883. The van der Waals surface area contributed by atoms with Gasteiger partial charge in [-0.2, -0.15) is 0 Å². The van der Waals surface area contributed by atoms with Crippen LogP contribution in [0.3, 0.4) is 0 Å². The average molecular weight is 258 g/mol. The van der Waals surface area contributed by atoms with E-state index in [1.54, 1.807) is 18.7 Å². The molecule has 0 spiro atoms. The smallest absolute Gasteiger partial charge is 0.153 e. The van der Waals surface area contributed by atoms with Gasteiger partial charge in [-0.1, -0.05) is 18.2 Å². The number of para-hydroxylation sites is 1. The molecule has 0 aliphatic rings. The number of aliphatic hydroxyl groups is 1. The molecule has 0 saturated carbocycles. The Kier molecular flexibility index (Phi) is 3.53. The zero-order valence-corrected chi connectivity index (χ0v) is 11.4. The summed E-state index contributed by atoms with van der Waals surface area (Å²) in [7, 11) is 1.82. The SMILES string of the molecule is CN(CC(C)(C)O)c1nc2ccccc2cc1C=O. The van der Waals surface area contributed by atoms with Crippen LogP contribution in [0.2, 0.25) is 0 Å². The maximum atomic E-state index is 11.2. The Morgan fingerprint density at radius 1 is 1.37 bits per heavy atom. The van der Waals surface area contributed by atoms with E-state index >= 15 is 0 Å². The number of hydrogen-bond acceptors (Lipinski definition) is 4. The number of likely N-dealkylation sites (N-methyl/N-ethyl adjacent to an activating group) is 1. The Morgan fingerprint density at radius 3 is 2.68 bits per heavy atom. The van der Waals surface area contributed by atoms with Crippen LogP contribution in [0, 0.1) is 0 Å². The van der Waals surface area contributed by atoms with Crippen molar-refractivity contribution in [2.24, 2.45) is 0 Å². The molecule has 0 aliphatic heterocycles. The van der Waals surface area contributed by atoms with Gasteiger partial charge in [0.05, 0.1) is 16.7 Å². The van der Waals surface area contributed by atoms with Gasteiger partial charge in [0.2, 0.25) is 0 Å². The van der Waals surface area contributed by atoms with E-state index in [1.807, 2.05) is 37.4 Å². The summed E-state index contributed by atoms with van der Waals surface area (Å²) in [5, 5.41) is 10.8. The van der Waals surface area contributed by atoms with Crippen LogP contribution in [0.4, 0.5) is 5.82 Å². The molecule has 19 heavy (non-hydrogen) atoms. The third-order valence-electron chi connectivity index (χ3n) is 2.84. The van der Waals surface area contributed by atoms with E-state index in [9.17, 15) is 9.90 Å². The molecule has 0 radical (unpaired) electrons. The number of pyridine rings is 1. The summed E-state index contributed by atoms with van der Waals surface area (Å²) in [5.41, 5.74) is 0.526. The van der Waals surface area contributed by atoms with Gasteiger partial charge < -0.3 is 10.0 Å². The molecule has 0 aliphatic carbocycles. The van der Waals surface area contributed by atoms with Gasteiger partial charge >= 0.3 is 0 Å². The predicted molar refractivity (Wildman–Crippen MR) is 76.7 cm³/mol. The molecule has 4 nitrogen and oxygen atoms in total. The molecule has 1 heterocycles. The third kappa shape index (κ3) is 3.09. The molecule has 1 aromatic heterocycles. The van der Waals surface area contributed by atoms with Gasteiger partial charge in [-0.15, -0.1) is 0 Å². The van der Waals surface area contributed by atoms with Crippen molar-refractivity contribution in [2.45, 2.75) is 19.4 Å². The first-order valence-corrected chi connectivity index (χ1v) is 6.19. The normalized spacial score (nSPS) is 11.6. The molecule has 0 saturated heterocycles. The highest BCUT2D eigenvalue weighted by Gasteiger charge is 2.19. The van der Waals surface area contributed by atoms with Crippen LogP contribution in [-0.2, 0) is 0 Å². The summed E-state index contributed by atoms with van der Waals surface area (Å²) in [5.74, 6) is 0.593. The monoisotopic (exact) mass is 258 g/mol. The molecule has 0 unspecified atom stereocenters. The summed E-state index contributed by atoms with van der Waals surface area (Å²) < 4.78 is 0. The first-order valence-electron chi connectivity index (χ1n) is 6.19. The van der Waals surface area contributed by atoms with E-state index in [0.29, 0.717) is 17.9 Å². The van der Waals surface area contributed by atoms with Crippen molar-refractivity contribution < 1.29 is 9.90 Å². The fraction of sp³-hybridized carbons (Fsp3) is 0.333. The quantitative estimate of drug-likeness (QED) is 0.855. The van der Waals surface area contributed by atoms with Gasteiger partial charge in [-0.05, 0) is 26.0 Å². The van der Waals surface area contributed by atoms with Crippen molar-refractivity contribution in [1.82, 2.24) is 4.98 Å². The van der Waals surface area contributed by atoms with Crippen molar-refractivity contribution in [3.8, 4) is 0 Å². The van der Waals surface area contributed by atoms with Gasteiger partial charge in [-0.25, -0.2) is 4.98 Å². The van der Waals surface area contributed by atoms with Crippen molar-refractivity contribution in [3.63, 3.8) is 0 Å². The number of hydrogen-bond donors (Lipinski definition) is 1. The first kappa shape index (κ1) is 13.5. The molecule has 0 fully saturated rings. The number of rotatable bonds is 4. The average Bonchev–Trinajstić information content (AvgIpc) is 2.35. The Labute approximate surface area is 112 Å². The highest BCUT2D eigenvalue weighted by molar-refractivity contribution is 5.91. The molecule has 0 amide bonds. The second-order valence-electron chi connectivity index (χ2n) is 5.38. The van der Waals surface area contributed by atoms with E-state index in [0.717, 1.165) is 17.2 Å². The van der Waals surface area contributed by atoms with E-state index in [2.05, 4.69) is 4.98 Å². The number of aromatic nitrogens is 1. The summed E-state index contributed by atoms with van der Waals surface area (Å²) in [6, 6.07) is 9.49. The number of fused-ring (bicyclic) bond motifs is 1. The highest BCUT2D eigenvalue weighted by atomic mass is 16.3. The summed E-state index contributed by atoms with van der Waals surface area (Å²) >= 11 is 0. The molecule has 1 aromatic carbocycles. The van der Waals surface area contributed by atoms with Gasteiger partial charge in [0.15, 0.2) is 6.29 Å². The second kappa shape index (κ2) is 4.97. The lowest BCUT2D eigenvalue weighted by atomic mass is 10.1. The molecule has 100 valence electrons. The van der Waals surface area contributed by atoms with Crippen LogP contribution in [0.15, 0.2) is 30.3 Å². The minimum atomic E-state index is -0.845. The van der Waals surface area contributed by atoms with E-state index in [4.69, 9.17) is 0 Å². The minimum absolute atomic E-state index is 0.402. The molecule has 4 heteroatoms. The van der Waals surface area contributed by atoms with Crippen molar-refractivity contribution in [3.05, 3.63) is 35.9 Å². The molecular weight excluding hydrogens is 240 g/mol. The number of carbonyl (C=O) groups excluding carboxylic acids is 1. The Balaban J connectivity index is 2.49. The van der Waals surface area contributed by atoms with Crippen LogP contribution in [-0.4, -0.2) is 35.6 Å². The van der Waals surface area contributed by atoms with Crippen LogP contribution in [0.25, 0.3) is 10.9 Å². The third-order valence-corrected chi connectivity index (χ3v) is 2.84. The zero-order valence-electron chi connectivity index (χ0n) is 11.4. The maximum absolute atomic E-state index is 11.2. The lowest BCUT2D eigenvalue weighted by Gasteiger charge is -2.27. The minimum Gasteiger partial charge on any atom is -0.389 e. The van der Waals surface area contributed by atoms with Crippen LogP contribution in [0.1, 0.15) is 24.2 Å². The molecule has 1 N–H and O–H groups in total. The number of nitrogens with zero attached hydrogens (tertiary/aromatic N) is 2. The second-order valence-corrected chi connectivity index (χ2v) is 5.38. The molecule has 0 bridgehead atoms. The maximum Gasteiger partial charge on any atom is 0.153 e.